The lowest BCUT2D eigenvalue weighted by molar-refractivity contribution is 0.00697. The van der Waals surface area contributed by atoms with Gasteiger partial charge in [-0.3, -0.25) is 4.98 Å². The second kappa shape index (κ2) is 4.41. The maximum Gasteiger partial charge on any atom is 0.338 e. The average molecular weight is 243 g/mol. The number of nitrogens with zero attached hydrogens (tertiary/aromatic N) is 1. The van der Waals surface area contributed by atoms with Crippen molar-refractivity contribution >= 4 is 16.9 Å². The third-order valence-corrected chi connectivity index (χ3v) is 2.59. The summed E-state index contributed by atoms with van der Waals surface area (Å²) in [4.78, 5) is 16.2. The molecule has 0 saturated heterocycles. The summed E-state index contributed by atoms with van der Waals surface area (Å²) in [5, 5.41) is 0.987. The van der Waals surface area contributed by atoms with Gasteiger partial charge in [0.05, 0.1) is 11.1 Å². The normalized spacial score (nSPS) is 11.6. The van der Waals surface area contributed by atoms with Crippen LogP contribution in [0, 0.1) is 6.92 Å². The van der Waals surface area contributed by atoms with Crippen LogP contribution in [-0.2, 0) is 4.74 Å². The van der Waals surface area contributed by atoms with Crippen LogP contribution in [0.1, 0.15) is 36.7 Å². The molecule has 0 unspecified atom stereocenters. The van der Waals surface area contributed by atoms with E-state index in [9.17, 15) is 4.79 Å². The van der Waals surface area contributed by atoms with Gasteiger partial charge < -0.3 is 4.74 Å². The molecule has 1 heterocycles. The summed E-state index contributed by atoms with van der Waals surface area (Å²) in [6.45, 7) is 7.58. The fourth-order valence-electron chi connectivity index (χ4n) is 1.75. The van der Waals surface area contributed by atoms with Gasteiger partial charge in [-0.1, -0.05) is 0 Å². The molecule has 18 heavy (non-hydrogen) atoms. The molecule has 0 radical (unpaired) electrons. The van der Waals surface area contributed by atoms with Crippen LogP contribution < -0.4 is 0 Å². The van der Waals surface area contributed by atoms with Crippen molar-refractivity contribution in [3.05, 3.63) is 41.6 Å². The fourth-order valence-corrected chi connectivity index (χ4v) is 1.75. The number of hydrogen-bond acceptors (Lipinski definition) is 3. The van der Waals surface area contributed by atoms with E-state index in [1.807, 2.05) is 45.9 Å². The van der Waals surface area contributed by atoms with E-state index < -0.39 is 5.60 Å². The predicted octanol–water partition coefficient (Wildman–Crippen LogP) is 3.50. The topological polar surface area (TPSA) is 39.2 Å². The Bertz CT molecular complexity index is 597. The molecule has 2 rings (SSSR count). The Morgan fingerprint density at radius 2 is 1.94 bits per heavy atom. The van der Waals surface area contributed by atoms with Crippen molar-refractivity contribution < 1.29 is 9.53 Å². The first-order chi connectivity index (χ1) is 8.37. The number of ether oxygens (including phenoxy) is 1. The number of aryl methyl sites for hydroxylation is 1. The van der Waals surface area contributed by atoms with Crippen molar-refractivity contribution in [3.63, 3.8) is 0 Å². The summed E-state index contributed by atoms with van der Waals surface area (Å²) in [5.74, 6) is -0.298. The molecule has 1 aromatic carbocycles. The molecule has 1 aromatic heterocycles. The van der Waals surface area contributed by atoms with E-state index in [1.165, 1.54) is 0 Å². The first kappa shape index (κ1) is 12.6. The average Bonchev–Trinajstić information content (AvgIpc) is 2.27. The van der Waals surface area contributed by atoms with E-state index in [0.29, 0.717) is 5.56 Å². The standard InChI is InChI=1S/C15H17NO2/c1-10-7-8-16-13-6-5-11(9-12(10)13)14(17)18-15(2,3)4/h5-9H,1-4H3. The van der Waals surface area contributed by atoms with Gasteiger partial charge >= 0.3 is 5.97 Å². The number of hydrogen-bond donors (Lipinski definition) is 0. The van der Waals surface area contributed by atoms with Crippen LogP contribution in [-0.4, -0.2) is 16.6 Å². The van der Waals surface area contributed by atoms with E-state index in [0.717, 1.165) is 16.5 Å². The van der Waals surface area contributed by atoms with E-state index in [-0.39, 0.29) is 5.97 Å². The van der Waals surface area contributed by atoms with Gasteiger partial charge in [0.15, 0.2) is 0 Å². The lowest BCUT2D eigenvalue weighted by atomic mass is 10.1. The third kappa shape index (κ3) is 2.67. The van der Waals surface area contributed by atoms with Crippen LogP contribution in [0.5, 0.6) is 0 Å². The van der Waals surface area contributed by atoms with Crippen molar-refractivity contribution in [3.8, 4) is 0 Å². The minimum Gasteiger partial charge on any atom is -0.456 e. The highest BCUT2D eigenvalue weighted by Crippen LogP contribution is 2.19. The largest absolute Gasteiger partial charge is 0.456 e. The molecule has 2 aromatic rings. The van der Waals surface area contributed by atoms with Crippen LogP contribution >= 0.6 is 0 Å². The number of aromatic nitrogens is 1. The molecule has 0 amide bonds. The second-order valence-corrected chi connectivity index (χ2v) is 5.36. The summed E-state index contributed by atoms with van der Waals surface area (Å²) >= 11 is 0. The molecule has 0 spiro atoms. The highest BCUT2D eigenvalue weighted by molar-refractivity contribution is 5.95. The Morgan fingerprint density at radius 3 is 2.61 bits per heavy atom. The fraction of sp³-hybridized carbons (Fsp3) is 0.333. The summed E-state index contributed by atoms with van der Waals surface area (Å²) in [5.41, 5.74) is 2.08. The number of carbonyl (C=O) groups is 1. The maximum absolute atomic E-state index is 12.0. The highest BCUT2D eigenvalue weighted by atomic mass is 16.6. The smallest absolute Gasteiger partial charge is 0.338 e. The molecule has 0 aliphatic rings. The van der Waals surface area contributed by atoms with Gasteiger partial charge in [0.2, 0.25) is 0 Å². The number of pyridine rings is 1. The molecule has 0 atom stereocenters. The molecule has 94 valence electrons. The maximum atomic E-state index is 12.0. The molecule has 0 N–H and O–H groups in total. The number of esters is 1. The highest BCUT2D eigenvalue weighted by Gasteiger charge is 2.18. The number of benzene rings is 1. The number of rotatable bonds is 1. The first-order valence-electron chi connectivity index (χ1n) is 5.95. The van der Waals surface area contributed by atoms with Gasteiger partial charge in [0, 0.05) is 11.6 Å². The molecule has 0 fully saturated rings. The Kier molecular flexibility index (Phi) is 3.07. The minimum atomic E-state index is -0.476. The zero-order valence-electron chi connectivity index (χ0n) is 11.2. The van der Waals surface area contributed by atoms with Crippen molar-refractivity contribution in [1.29, 1.82) is 0 Å². The molecule has 0 saturated carbocycles. The second-order valence-electron chi connectivity index (χ2n) is 5.36. The van der Waals surface area contributed by atoms with Gasteiger partial charge in [-0.25, -0.2) is 4.79 Å². The quantitative estimate of drug-likeness (QED) is 0.719. The predicted molar refractivity (Wildman–Crippen MR) is 71.6 cm³/mol. The van der Waals surface area contributed by atoms with E-state index in [4.69, 9.17) is 4.74 Å². The van der Waals surface area contributed by atoms with E-state index in [2.05, 4.69) is 4.98 Å². The Morgan fingerprint density at radius 1 is 1.22 bits per heavy atom. The number of fused-ring (bicyclic) bond motifs is 1. The van der Waals surface area contributed by atoms with Gasteiger partial charge in [0.25, 0.3) is 0 Å². The summed E-state index contributed by atoms with van der Waals surface area (Å²) < 4.78 is 5.35. The molecule has 0 aliphatic carbocycles. The first-order valence-corrected chi connectivity index (χ1v) is 5.95. The molecular formula is C15H17NO2. The molecule has 0 bridgehead atoms. The van der Waals surface area contributed by atoms with E-state index in [1.54, 1.807) is 12.3 Å². The van der Waals surface area contributed by atoms with Gasteiger partial charge in [-0.05, 0) is 57.5 Å². The zero-order valence-corrected chi connectivity index (χ0v) is 11.2. The third-order valence-electron chi connectivity index (χ3n) is 2.59. The summed E-state index contributed by atoms with van der Waals surface area (Å²) in [7, 11) is 0. The Labute approximate surface area is 107 Å². The Hall–Kier alpha value is -1.90. The monoisotopic (exact) mass is 243 g/mol. The van der Waals surface area contributed by atoms with Crippen molar-refractivity contribution in [2.24, 2.45) is 0 Å². The van der Waals surface area contributed by atoms with Crippen molar-refractivity contribution in [2.45, 2.75) is 33.3 Å². The van der Waals surface area contributed by atoms with Crippen LogP contribution in [0.4, 0.5) is 0 Å². The van der Waals surface area contributed by atoms with Gasteiger partial charge in [0.1, 0.15) is 5.60 Å². The van der Waals surface area contributed by atoms with Crippen LogP contribution in [0.2, 0.25) is 0 Å². The Balaban J connectivity index is 2.41. The summed E-state index contributed by atoms with van der Waals surface area (Å²) in [6.07, 6.45) is 1.77. The molecule has 0 aliphatic heterocycles. The molecule has 3 heteroatoms. The van der Waals surface area contributed by atoms with Crippen LogP contribution in [0.3, 0.4) is 0 Å². The van der Waals surface area contributed by atoms with Crippen molar-refractivity contribution in [1.82, 2.24) is 4.98 Å². The zero-order chi connectivity index (χ0) is 13.3. The van der Waals surface area contributed by atoms with Crippen LogP contribution in [0.15, 0.2) is 30.5 Å². The van der Waals surface area contributed by atoms with E-state index >= 15 is 0 Å². The summed E-state index contributed by atoms with van der Waals surface area (Å²) in [6, 6.07) is 7.37. The van der Waals surface area contributed by atoms with Gasteiger partial charge in [-0.2, -0.15) is 0 Å². The number of carbonyl (C=O) groups excluding carboxylic acids is 1. The SMILES string of the molecule is Cc1ccnc2ccc(C(=O)OC(C)(C)C)cc12. The van der Waals surface area contributed by atoms with Crippen LogP contribution in [0.25, 0.3) is 10.9 Å². The molecular weight excluding hydrogens is 226 g/mol. The van der Waals surface area contributed by atoms with Gasteiger partial charge in [-0.15, -0.1) is 0 Å². The van der Waals surface area contributed by atoms with Crippen molar-refractivity contribution in [2.75, 3.05) is 0 Å². The molecule has 3 nitrogen and oxygen atoms in total. The lowest BCUT2D eigenvalue weighted by Gasteiger charge is -2.19. The lowest BCUT2D eigenvalue weighted by Crippen LogP contribution is -2.23. The minimum absolute atomic E-state index is 0.298.